The summed E-state index contributed by atoms with van der Waals surface area (Å²) in [6.45, 7) is 0. The third-order valence-corrected chi connectivity index (χ3v) is 6.94. The number of benzene rings is 1. The van der Waals surface area contributed by atoms with Crippen LogP contribution in [0, 0.1) is 0 Å². The van der Waals surface area contributed by atoms with Gasteiger partial charge in [0.05, 0.1) is 4.55 Å². The maximum atomic E-state index is 13.0. The minimum atomic E-state index is -4.66. The Balaban J connectivity index is 1.91. The third kappa shape index (κ3) is 3.91. The molecule has 2 N–H and O–H groups in total. The van der Waals surface area contributed by atoms with Gasteiger partial charge in [0, 0.05) is 11.8 Å². The van der Waals surface area contributed by atoms with Crippen LogP contribution < -0.4 is 5.73 Å². The number of nitrogens with zero attached hydrogens (tertiary/aromatic N) is 1. The van der Waals surface area contributed by atoms with Crippen LogP contribution in [0.25, 0.3) is 0 Å². The van der Waals surface area contributed by atoms with Crippen LogP contribution in [-0.2, 0) is 40.1 Å². The number of Topliss-reactive ketones (excluding diaryl/α,β-unsaturated/α-hetero) is 1. The Morgan fingerprint density at radius 3 is 2.23 bits per heavy atom. The number of ether oxygens (including phenoxy) is 1. The smallest absolute Gasteiger partial charge is 0.433 e. The highest BCUT2D eigenvalue weighted by Gasteiger charge is 2.51. The lowest BCUT2D eigenvalue weighted by atomic mass is 9.65. The molecule has 14 heteroatoms. The van der Waals surface area contributed by atoms with Crippen LogP contribution in [0.3, 0.4) is 0 Å². The normalized spacial score (nSPS) is 19.9. The number of carbonyl (C=O) groups excluding carboxylic acids is 1. The van der Waals surface area contributed by atoms with Crippen LogP contribution in [0.1, 0.15) is 16.8 Å². The van der Waals surface area contributed by atoms with Gasteiger partial charge >= 0.3 is 16.3 Å². The van der Waals surface area contributed by atoms with Crippen molar-refractivity contribution in [3.05, 3.63) is 77.1 Å². The largest absolute Gasteiger partial charge is 0.467 e. The van der Waals surface area contributed by atoms with Gasteiger partial charge < -0.3 is 14.7 Å². The molecule has 0 spiro atoms. The molecule has 1 aromatic carbocycles. The lowest BCUT2D eigenvalue weighted by Gasteiger charge is -2.25. The number of alkyl halides is 3. The molecule has 0 aliphatic carbocycles. The molecule has 31 heavy (non-hydrogen) atoms. The maximum Gasteiger partial charge on any atom is 0.433 e. The second-order valence-electron chi connectivity index (χ2n) is 7.50. The average Bonchev–Trinajstić information content (AvgIpc) is 2.91. The molecule has 3 rings (SSSR count). The first-order chi connectivity index (χ1) is 14.2. The predicted molar refractivity (Wildman–Crippen MR) is 112 cm³/mol. The molecule has 0 unspecified atom stereocenters. The van der Waals surface area contributed by atoms with Crippen molar-refractivity contribution in [3.63, 3.8) is 0 Å². The second kappa shape index (κ2) is 7.36. The summed E-state index contributed by atoms with van der Waals surface area (Å²) in [5, 5.41) is 0. The van der Waals surface area contributed by atoms with Crippen molar-refractivity contribution in [2.24, 2.45) is 5.73 Å². The van der Waals surface area contributed by atoms with Gasteiger partial charge in [-0.1, -0.05) is 36.4 Å². The SMILES string of the molecule is BC(B)(c1ccccc1)S(=O)(=O)OC1=C(N)O[C@@](B)(c2ccc(C(F)(F)F)nc2)C1=O. The van der Waals surface area contributed by atoms with Crippen molar-refractivity contribution < 1.29 is 35.3 Å². The number of carbonyl (C=O) groups is 1. The number of pyridine rings is 1. The van der Waals surface area contributed by atoms with Gasteiger partial charge in [0.1, 0.15) is 21.4 Å². The molecule has 0 radical (unpaired) electrons. The highest BCUT2D eigenvalue weighted by molar-refractivity contribution is 7.90. The van der Waals surface area contributed by atoms with Crippen molar-refractivity contribution in [1.29, 1.82) is 0 Å². The van der Waals surface area contributed by atoms with Gasteiger partial charge in [-0.05, 0) is 11.6 Å². The molecule has 0 fully saturated rings. The van der Waals surface area contributed by atoms with Crippen LogP contribution in [0.5, 0.6) is 0 Å². The number of ketones is 1. The zero-order valence-corrected chi connectivity index (χ0v) is 17.5. The lowest BCUT2D eigenvalue weighted by molar-refractivity contribution is -0.141. The van der Waals surface area contributed by atoms with Crippen LogP contribution in [0.2, 0.25) is 0 Å². The van der Waals surface area contributed by atoms with E-state index >= 15 is 0 Å². The van der Waals surface area contributed by atoms with Crippen molar-refractivity contribution in [2.75, 3.05) is 0 Å². The molecule has 160 valence electrons. The summed E-state index contributed by atoms with van der Waals surface area (Å²) in [4.78, 5) is 16.3. The first kappa shape index (κ1) is 22.8. The van der Waals surface area contributed by atoms with E-state index in [-0.39, 0.29) is 5.56 Å². The summed E-state index contributed by atoms with van der Waals surface area (Å²) in [5.41, 5.74) is 3.02. The average molecular weight is 450 g/mol. The molecule has 1 aromatic heterocycles. The Hall–Kier alpha value is -2.89. The first-order valence-electron chi connectivity index (χ1n) is 8.97. The van der Waals surface area contributed by atoms with Gasteiger partial charge in [0.2, 0.25) is 17.4 Å². The van der Waals surface area contributed by atoms with Crippen LogP contribution in [0.15, 0.2) is 60.3 Å². The van der Waals surface area contributed by atoms with E-state index in [1.165, 1.54) is 23.5 Å². The molecule has 0 saturated heterocycles. The van der Waals surface area contributed by atoms with E-state index in [0.29, 0.717) is 11.6 Å². The second-order valence-corrected chi connectivity index (χ2v) is 9.60. The minimum Gasteiger partial charge on any atom is -0.467 e. The molecular formula is C17H16B3F3N2O5S. The van der Waals surface area contributed by atoms with E-state index in [4.69, 9.17) is 14.7 Å². The third-order valence-electron chi connectivity index (χ3n) is 5.07. The Bertz CT molecular complexity index is 1160. The highest BCUT2D eigenvalue weighted by atomic mass is 32.2. The Labute approximate surface area is 179 Å². The van der Waals surface area contributed by atoms with Gasteiger partial charge in [-0.15, -0.1) is 0 Å². The topological polar surface area (TPSA) is 109 Å². The molecule has 0 saturated carbocycles. The molecule has 0 bridgehead atoms. The summed E-state index contributed by atoms with van der Waals surface area (Å²) in [6.07, 6.45) is -3.85. The monoisotopic (exact) mass is 450 g/mol. The first-order valence-corrected chi connectivity index (χ1v) is 10.4. The van der Waals surface area contributed by atoms with Gasteiger partial charge in [0.25, 0.3) is 0 Å². The summed E-state index contributed by atoms with van der Waals surface area (Å²) in [6, 6.07) is 9.88. The standard InChI is InChI=1S/C17H16B3F3N2O5S/c18-15(10-6-7-11(25-8-10)17(21,22)23)13(26)12(14(24)29-15)30-31(27,28)16(19,20)9-4-2-1-3-5-9/h1-8H,18-20,24H2/t15-/m0/s1. The number of hydrogen-bond donors (Lipinski definition) is 1. The fourth-order valence-electron chi connectivity index (χ4n) is 2.95. The number of halogens is 3. The number of hydrogen-bond acceptors (Lipinski definition) is 7. The van der Waals surface area contributed by atoms with Crippen LogP contribution >= 0.6 is 0 Å². The van der Waals surface area contributed by atoms with Crippen LogP contribution in [0.4, 0.5) is 13.2 Å². The Morgan fingerprint density at radius 1 is 1.10 bits per heavy atom. The van der Waals surface area contributed by atoms with Crippen molar-refractivity contribution in [2.45, 2.75) is 16.2 Å². The molecule has 2 heterocycles. The highest BCUT2D eigenvalue weighted by Crippen LogP contribution is 2.38. The summed E-state index contributed by atoms with van der Waals surface area (Å²) < 4.78 is 73.0. The fraction of sp³-hybridized carbons (Fsp3) is 0.176. The number of rotatable bonds is 5. The van der Waals surface area contributed by atoms with E-state index < -0.39 is 49.5 Å². The Kier molecular flexibility index (Phi) is 5.41. The van der Waals surface area contributed by atoms with E-state index in [1.54, 1.807) is 30.3 Å². The minimum absolute atomic E-state index is 0.0493. The lowest BCUT2D eigenvalue weighted by Crippen LogP contribution is -2.40. The van der Waals surface area contributed by atoms with E-state index in [1.807, 2.05) is 0 Å². The van der Waals surface area contributed by atoms with E-state index in [2.05, 4.69) is 4.98 Å². The number of aromatic nitrogens is 1. The molecule has 2 aromatic rings. The zero-order chi connectivity index (χ0) is 23.2. The van der Waals surface area contributed by atoms with Gasteiger partial charge in [-0.2, -0.15) is 21.6 Å². The van der Waals surface area contributed by atoms with Gasteiger partial charge in [-0.25, -0.2) is 0 Å². The molecule has 1 atom stereocenters. The van der Waals surface area contributed by atoms with E-state index in [9.17, 15) is 26.4 Å². The predicted octanol–water partition coefficient (Wildman–Crippen LogP) is -0.964. The zero-order valence-electron chi connectivity index (χ0n) is 16.7. The van der Waals surface area contributed by atoms with Gasteiger partial charge in [0.15, 0.2) is 13.3 Å². The van der Waals surface area contributed by atoms with Crippen molar-refractivity contribution in [1.82, 2.24) is 4.98 Å². The quantitative estimate of drug-likeness (QED) is 0.462. The maximum absolute atomic E-state index is 13.0. The van der Waals surface area contributed by atoms with Crippen molar-refractivity contribution in [3.8, 4) is 0 Å². The van der Waals surface area contributed by atoms with Crippen molar-refractivity contribution >= 4 is 39.4 Å². The molecular weight excluding hydrogens is 434 g/mol. The molecule has 1 aliphatic heterocycles. The number of nitrogens with two attached hydrogens (primary N) is 1. The van der Waals surface area contributed by atoms with Gasteiger partial charge in [-0.3, -0.25) is 9.78 Å². The summed E-state index contributed by atoms with van der Waals surface area (Å²) in [5.74, 6) is -2.30. The molecule has 0 amide bonds. The fourth-order valence-corrected chi connectivity index (χ4v) is 3.96. The Morgan fingerprint density at radius 2 is 1.71 bits per heavy atom. The molecule has 1 aliphatic rings. The summed E-state index contributed by atoms with van der Waals surface area (Å²) >= 11 is 0. The van der Waals surface area contributed by atoms with Crippen LogP contribution in [-0.4, -0.2) is 42.7 Å². The summed E-state index contributed by atoms with van der Waals surface area (Å²) in [7, 11) is -0.397. The molecule has 7 nitrogen and oxygen atoms in total. The van der Waals surface area contributed by atoms with E-state index in [0.717, 1.165) is 12.3 Å².